The summed E-state index contributed by atoms with van der Waals surface area (Å²) in [6, 6.07) is 15.9. The smallest absolute Gasteiger partial charge is 0.255 e. The Labute approximate surface area is 197 Å². The highest BCUT2D eigenvalue weighted by Crippen LogP contribution is 2.27. The highest BCUT2D eigenvalue weighted by molar-refractivity contribution is 6.05. The van der Waals surface area contributed by atoms with Gasteiger partial charge in [0.15, 0.2) is 0 Å². The number of benzene rings is 3. The van der Waals surface area contributed by atoms with Crippen LogP contribution in [-0.2, 0) is 6.54 Å². The van der Waals surface area contributed by atoms with Crippen LogP contribution in [0.3, 0.4) is 0 Å². The van der Waals surface area contributed by atoms with Gasteiger partial charge in [-0.3, -0.25) is 14.7 Å². The molecule has 1 aromatic heterocycles. The summed E-state index contributed by atoms with van der Waals surface area (Å²) in [5.74, 6) is -1.33. The quantitative estimate of drug-likeness (QED) is 0.381. The summed E-state index contributed by atoms with van der Waals surface area (Å²) < 4.78 is 27.9. The number of nitrogens with zero attached hydrogens (tertiary/aromatic N) is 2. The maximum Gasteiger partial charge on any atom is 0.255 e. The summed E-state index contributed by atoms with van der Waals surface area (Å²) in [6.45, 7) is 5.10. The van der Waals surface area contributed by atoms with Gasteiger partial charge in [-0.05, 0) is 92.0 Å². The third-order valence-electron chi connectivity index (χ3n) is 6.32. The van der Waals surface area contributed by atoms with Crippen molar-refractivity contribution in [3.05, 3.63) is 95.2 Å². The Balaban J connectivity index is 1.34. The van der Waals surface area contributed by atoms with Gasteiger partial charge in [-0.25, -0.2) is 8.78 Å². The molecule has 0 unspecified atom stereocenters. The minimum atomic E-state index is -0.540. The lowest BCUT2D eigenvalue weighted by atomic mass is 10.0. The van der Waals surface area contributed by atoms with Crippen LogP contribution in [0.1, 0.15) is 34.3 Å². The Morgan fingerprint density at radius 1 is 1.00 bits per heavy atom. The van der Waals surface area contributed by atoms with Gasteiger partial charge in [0.2, 0.25) is 0 Å². The largest absolute Gasteiger partial charge is 0.322 e. The van der Waals surface area contributed by atoms with E-state index in [0.29, 0.717) is 16.8 Å². The molecule has 1 aliphatic heterocycles. The maximum atomic E-state index is 14.7. The second-order valence-corrected chi connectivity index (χ2v) is 8.84. The molecule has 6 heteroatoms. The van der Waals surface area contributed by atoms with Crippen molar-refractivity contribution in [3.8, 4) is 11.1 Å². The van der Waals surface area contributed by atoms with E-state index in [9.17, 15) is 13.6 Å². The first-order valence-corrected chi connectivity index (χ1v) is 11.4. The predicted molar refractivity (Wildman–Crippen MR) is 131 cm³/mol. The summed E-state index contributed by atoms with van der Waals surface area (Å²) in [6.07, 6.45) is 4.40. The first-order valence-electron chi connectivity index (χ1n) is 11.4. The Morgan fingerprint density at radius 3 is 2.50 bits per heavy atom. The number of amides is 1. The zero-order valence-corrected chi connectivity index (χ0v) is 18.9. The van der Waals surface area contributed by atoms with E-state index >= 15 is 0 Å². The molecule has 1 amide bonds. The molecular weight excluding hydrogens is 432 g/mol. The number of aryl methyl sites for hydroxylation is 1. The van der Waals surface area contributed by atoms with Gasteiger partial charge in [-0.15, -0.1) is 0 Å². The molecule has 0 radical (unpaired) electrons. The number of carbonyl (C=O) groups is 1. The summed E-state index contributed by atoms with van der Waals surface area (Å²) in [4.78, 5) is 19.9. The van der Waals surface area contributed by atoms with Crippen molar-refractivity contribution in [1.29, 1.82) is 0 Å². The van der Waals surface area contributed by atoms with E-state index in [2.05, 4.69) is 21.3 Å². The molecule has 1 fully saturated rings. The summed E-state index contributed by atoms with van der Waals surface area (Å²) in [5.41, 5.74) is 4.59. The Bertz CT molecular complexity index is 1360. The van der Waals surface area contributed by atoms with E-state index in [1.165, 1.54) is 54.8 Å². The van der Waals surface area contributed by atoms with Gasteiger partial charge in [0.25, 0.3) is 5.91 Å². The molecule has 0 saturated carbocycles. The van der Waals surface area contributed by atoms with Crippen LogP contribution in [0.15, 0.2) is 66.9 Å². The van der Waals surface area contributed by atoms with Crippen LogP contribution in [-0.4, -0.2) is 28.9 Å². The lowest BCUT2D eigenvalue weighted by molar-refractivity contribution is 0.102. The molecule has 2 heterocycles. The van der Waals surface area contributed by atoms with Crippen molar-refractivity contribution in [2.45, 2.75) is 26.3 Å². The lowest BCUT2D eigenvalue weighted by Gasteiger charge is -2.15. The SMILES string of the molecule is Cc1cc2cc(CN3CCCC3)cnc2cc1NC(=O)c1ccc(-c2ccc(F)cc2)c(F)c1. The van der Waals surface area contributed by atoms with E-state index in [4.69, 9.17) is 0 Å². The number of halogens is 2. The van der Waals surface area contributed by atoms with E-state index < -0.39 is 11.7 Å². The topological polar surface area (TPSA) is 45.2 Å². The van der Waals surface area contributed by atoms with Gasteiger partial charge >= 0.3 is 0 Å². The van der Waals surface area contributed by atoms with Crippen molar-refractivity contribution >= 4 is 22.5 Å². The number of rotatable bonds is 5. The highest BCUT2D eigenvalue weighted by Gasteiger charge is 2.15. The number of anilines is 1. The van der Waals surface area contributed by atoms with Gasteiger partial charge in [-0.2, -0.15) is 0 Å². The number of aromatic nitrogens is 1. The fourth-order valence-electron chi connectivity index (χ4n) is 4.47. The van der Waals surface area contributed by atoms with E-state index in [0.717, 1.165) is 36.1 Å². The van der Waals surface area contributed by atoms with Gasteiger partial charge < -0.3 is 5.32 Å². The predicted octanol–water partition coefficient (Wildman–Crippen LogP) is 6.34. The van der Waals surface area contributed by atoms with Crippen molar-refractivity contribution in [2.24, 2.45) is 0 Å². The van der Waals surface area contributed by atoms with Crippen LogP contribution in [0.25, 0.3) is 22.0 Å². The number of fused-ring (bicyclic) bond motifs is 1. The molecular formula is C28H25F2N3O. The van der Waals surface area contributed by atoms with Crippen molar-refractivity contribution in [2.75, 3.05) is 18.4 Å². The zero-order chi connectivity index (χ0) is 23.7. The summed E-state index contributed by atoms with van der Waals surface area (Å²) >= 11 is 0. The minimum absolute atomic E-state index is 0.205. The Hall–Kier alpha value is -3.64. The fraction of sp³-hybridized carbons (Fsp3) is 0.214. The number of hydrogen-bond donors (Lipinski definition) is 1. The standard InChI is InChI=1S/C28H25F2N3O/c1-18-12-22-13-19(17-33-10-2-3-11-33)16-31-27(22)15-26(18)32-28(34)21-6-9-24(25(30)14-21)20-4-7-23(29)8-5-20/h4-9,12-16H,2-3,10-11,17H2,1H3,(H,32,34). The second-order valence-electron chi connectivity index (χ2n) is 8.84. The van der Waals surface area contributed by atoms with Crippen molar-refractivity contribution in [1.82, 2.24) is 9.88 Å². The van der Waals surface area contributed by atoms with E-state index in [1.807, 2.05) is 25.3 Å². The third kappa shape index (κ3) is 4.68. The third-order valence-corrected chi connectivity index (χ3v) is 6.32. The molecule has 4 nitrogen and oxygen atoms in total. The normalized spacial score (nSPS) is 14.0. The van der Waals surface area contributed by atoms with Gasteiger partial charge in [0, 0.05) is 34.9 Å². The van der Waals surface area contributed by atoms with Crippen LogP contribution in [0, 0.1) is 18.6 Å². The molecule has 0 atom stereocenters. The Kier molecular flexibility index (Phi) is 6.07. The maximum absolute atomic E-state index is 14.7. The highest BCUT2D eigenvalue weighted by atomic mass is 19.1. The molecule has 3 aromatic carbocycles. The first kappa shape index (κ1) is 22.2. The number of hydrogen-bond acceptors (Lipinski definition) is 3. The van der Waals surface area contributed by atoms with Gasteiger partial charge in [0.1, 0.15) is 11.6 Å². The van der Waals surface area contributed by atoms with Gasteiger partial charge in [0.05, 0.1) is 5.52 Å². The zero-order valence-electron chi connectivity index (χ0n) is 18.9. The number of nitrogens with one attached hydrogen (secondary N) is 1. The molecule has 172 valence electrons. The van der Waals surface area contributed by atoms with E-state index in [-0.39, 0.29) is 11.4 Å². The molecule has 5 rings (SSSR count). The molecule has 0 aliphatic carbocycles. The number of likely N-dealkylation sites (tertiary alicyclic amines) is 1. The molecule has 0 bridgehead atoms. The van der Waals surface area contributed by atoms with Crippen LogP contribution in [0.5, 0.6) is 0 Å². The average Bonchev–Trinajstić information content (AvgIpc) is 3.33. The Morgan fingerprint density at radius 2 is 1.76 bits per heavy atom. The van der Waals surface area contributed by atoms with Gasteiger partial charge in [-0.1, -0.05) is 18.2 Å². The average molecular weight is 458 g/mol. The van der Waals surface area contributed by atoms with Crippen LogP contribution < -0.4 is 5.32 Å². The van der Waals surface area contributed by atoms with Crippen LogP contribution in [0.4, 0.5) is 14.5 Å². The second kappa shape index (κ2) is 9.31. The summed E-state index contributed by atoms with van der Waals surface area (Å²) in [7, 11) is 0. The minimum Gasteiger partial charge on any atom is -0.322 e. The van der Waals surface area contributed by atoms with E-state index in [1.54, 1.807) is 6.07 Å². The molecule has 34 heavy (non-hydrogen) atoms. The van der Waals surface area contributed by atoms with Crippen LogP contribution in [0.2, 0.25) is 0 Å². The molecule has 4 aromatic rings. The fourth-order valence-corrected chi connectivity index (χ4v) is 4.47. The molecule has 0 spiro atoms. The number of pyridine rings is 1. The van der Waals surface area contributed by atoms with Crippen molar-refractivity contribution in [3.63, 3.8) is 0 Å². The molecule has 1 N–H and O–H groups in total. The summed E-state index contributed by atoms with van der Waals surface area (Å²) in [5, 5.41) is 3.91. The van der Waals surface area contributed by atoms with Crippen LogP contribution >= 0.6 is 0 Å². The first-order chi connectivity index (χ1) is 16.5. The molecule has 1 saturated heterocycles. The molecule has 1 aliphatic rings. The van der Waals surface area contributed by atoms with Crippen molar-refractivity contribution < 1.29 is 13.6 Å². The lowest BCUT2D eigenvalue weighted by Crippen LogP contribution is -2.18. The number of carbonyl (C=O) groups excluding carboxylic acids is 1. The monoisotopic (exact) mass is 457 g/mol.